The van der Waals surface area contributed by atoms with Gasteiger partial charge >= 0.3 is 0 Å². The molecule has 4 heteroatoms. The summed E-state index contributed by atoms with van der Waals surface area (Å²) in [7, 11) is 0. The average molecular weight is 213 g/mol. The summed E-state index contributed by atoms with van der Waals surface area (Å²) in [5.74, 6) is -0.193. The molecule has 0 radical (unpaired) electrons. The smallest absolute Gasteiger partial charge is 0.223 e. The van der Waals surface area contributed by atoms with Gasteiger partial charge in [-0.2, -0.15) is 0 Å². The van der Waals surface area contributed by atoms with Gasteiger partial charge in [-0.3, -0.25) is 9.59 Å². The molecule has 4 nitrogen and oxygen atoms in total. The quantitative estimate of drug-likeness (QED) is 0.722. The Balaban J connectivity index is 3.10. The summed E-state index contributed by atoms with van der Waals surface area (Å²) in [4.78, 5) is 23.0. The minimum absolute atomic E-state index is 0.000694. The van der Waals surface area contributed by atoms with E-state index in [1.165, 1.54) is 6.92 Å². The number of carbonyl (C=O) groups is 2. The van der Waals surface area contributed by atoms with Crippen LogP contribution in [0, 0.1) is 5.92 Å². The summed E-state index contributed by atoms with van der Waals surface area (Å²) in [6.45, 7) is 6.90. The van der Waals surface area contributed by atoms with Crippen LogP contribution < -0.4 is 5.32 Å². The van der Waals surface area contributed by atoms with Crippen molar-refractivity contribution in [3.63, 3.8) is 0 Å². The van der Waals surface area contributed by atoms with Crippen LogP contribution in [0.15, 0.2) is 0 Å². The van der Waals surface area contributed by atoms with Crippen LogP contribution in [0.4, 0.5) is 0 Å². The molecule has 1 aliphatic rings. The first-order valence-corrected chi connectivity index (χ1v) is 5.26. The Kier molecular flexibility index (Phi) is 2.92. The third-order valence-electron chi connectivity index (χ3n) is 3.09. The van der Waals surface area contributed by atoms with E-state index in [4.69, 9.17) is 0 Å². The van der Waals surface area contributed by atoms with Gasteiger partial charge < -0.3 is 10.4 Å². The third-order valence-corrected chi connectivity index (χ3v) is 3.09. The van der Waals surface area contributed by atoms with Crippen molar-refractivity contribution >= 4 is 11.7 Å². The maximum absolute atomic E-state index is 11.7. The number of amides is 1. The van der Waals surface area contributed by atoms with Crippen LogP contribution in [-0.4, -0.2) is 27.9 Å². The van der Waals surface area contributed by atoms with Crippen molar-refractivity contribution in [3.05, 3.63) is 0 Å². The highest BCUT2D eigenvalue weighted by atomic mass is 16.3. The van der Waals surface area contributed by atoms with Gasteiger partial charge in [-0.15, -0.1) is 0 Å². The maximum atomic E-state index is 11.7. The van der Waals surface area contributed by atoms with Crippen molar-refractivity contribution in [3.8, 4) is 0 Å². The first-order chi connectivity index (χ1) is 6.71. The van der Waals surface area contributed by atoms with Gasteiger partial charge in [-0.1, -0.05) is 13.8 Å². The standard InChI is InChI=1S/C11H19NO3/c1-7(2)5-11(8(3)13)10(4,15)6-9(14)12-11/h7,15H,5-6H2,1-4H3,(H,12,14)/t10-,11-/m0/s1. The molecule has 0 aromatic carbocycles. The van der Waals surface area contributed by atoms with Crippen LogP contribution in [0.5, 0.6) is 0 Å². The molecule has 0 aliphatic carbocycles. The number of Topliss-reactive ketones (excluding diaryl/α,β-unsaturated/α-hetero) is 1. The first-order valence-electron chi connectivity index (χ1n) is 5.26. The van der Waals surface area contributed by atoms with Gasteiger partial charge in [-0.05, 0) is 26.2 Å². The molecular weight excluding hydrogens is 194 g/mol. The second kappa shape index (κ2) is 3.59. The Hall–Kier alpha value is -0.900. The Bertz CT molecular complexity index is 296. The molecule has 0 aromatic heterocycles. The summed E-state index contributed by atoms with van der Waals surface area (Å²) in [6, 6.07) is 0. The summed E-state index contributed by atoms with van der Waals surface area (Å²) >= 11 is 0. The van der Waals surface area contributed by atoms with Crippen LogP contribution in [0.2, 0.25) is 0 Å². The molecule has 1 saturated heterocycles. The van der Waals surface area contributed by atoms with Gasteiger partial charge in [0.05, 0.1) is 6.42 Å². The van der Waals surface area contributed by atoms with E-state index in [2.05, 4.69) is 5.32 Å². The summed E-state index contributed by atoms with van der Waals surface area (Å²) in [5, 5.41) is 12.8. The van der Waals surface area contributed by atoms with E-state index < -0.39 is 11.1 Å². The Morgan fingerprint density at radius 1 is 1.60 bits per heavy atom. The van der Waals surface area contributed by atoms with Crippen LogP contribution in [0.1, 0.15) is 40.5 Å². The molecule has 0 aromatic rings. The van der Waals surface area contributed by atoms with Gasteiger partial charge in [0, 0.05) is 0 Å². The van der Waals surface area contributed by atoms with E-state index in [0.717, 1.165) is 0 Å². The third kappa shape index (κ3) is 1.91. The van der Waals surface area contributed by atoms with E-state index in [9.17, 15) is 14.7 Å². The molecule has 1 rings (SSSR count). The lowest BCUT2D eigenvalue weighted by Gasteiger charge is -2.38. The predicted molar refractivity (Wildman–Crippen MR) is 56.3 cm³/mol. The lowest BCUT2D eigenvalue weighted by molar-refractivity contribution is -0.133. The van der Waals surface area contributed by atoms with Crippen molar-refractivity contribution in [1.29, 1.82) is 0 Å². The molecule has 0 bridgehead atoms. The van der Waals surface area contributed by atoms with Crippen molar-refractivity contribution in [2.75, 3.05) is 0 Å². The van der Waals surface area contributed by atoms with Gasteiger partial charge in [0.15, 0.2) is 5.78 Å². The van der Waals surface area contributed by atoms with E-state index >= 15 is 0 Å². The molecule has 1 heterocycles. The van der Waals surface area contributed by atoms with E-state index in [-0.39, 0.29) is 24.0 Å². The number of rotatable bonds is 3. The second-order valence-corrected chi connectivity index (χ2v) is 5.06. The van der Waals surface area contributed by atoms with Crippen LogP contribution in [0.3, 0.4) is 0 Å². The number of aliphatic hydroxyl groups is 1. The molecule has 1 amide bonds. The Morgan fingerprint density at radius 2 is 2.13 bits per heavy atom. The van der Waals surface area contributed by atoms with Crippen LogP contribution >= 0.6 is 0 Å². The van der Waals surface area contributed by atoms with Crippen LogP contribution in [0.25, 0.3) is 0 Å². The van der Waals surface area contributed by atoms with Crippen molar-refractivity contribution in [1.82, 2.24) is 5.32 Å². The summed E-state index contributed by atoms with van der Waals surface area (Å²) in [5.41, 5.74) is -2.38. The zero-order valence-corrected chi connectivity index (χ0v) is 9.76. The minimum Gasteiger partial charge on any atom is -0.387 e. The predicted octanol–water partition coefficient (Wildman–Crippen LogP) is 0.631. The number of nitrogens with one attached hydrogen (secondary N) is 1. The van der Waals surface area contributed by atoms with Crippen LogP contribution in [-0.2, 0) is 9.59 Å². The van der Waals surface area contributed by atoms with Gasteiger partial charge in [0.2, 0.25) is 5.91 Å². The van der Waals surface area contributed by atoms with Gasteiger partial charge in [0.1, 0.15) is 11.1 Å². The summed E-state index contributed by atoms with van der Waals surface area (Å²) < 4.78 is 0. The minimum atomic E-state index is -1.28. The molecule has 2 atom stereocenters. The van der Waals surface area contributed by atoms with E-state index in [1.54, 1.807) is 6.92 Å². The monoisotopic (exact) mass is 213 g/mol. The van der Waals surface area contributed by atoms with Crippen molar-refractivity contribution in [2.24, 2.45) is 5.92 Å². The zero-order chi connectivity index (χ0) is 11.9. The highest BCUT2D eigenvalue weighted by Crippen LogP contribution is 2.37. The Labute approximate surface area is 90.0 Å². The molecule has 1 aliphatic heterocycles. The summed E-state index contributed by atoms with van der Waals surface area (Å²) in [6.07, 6.45) is 0.473. The van der Waals surface area contributed by atoms with Crippen molar-refractivity contribution in [2.45, 2.75) is 51.7 Å². The van der Waals surface area contributed by atoms with Gasteiger partial charge in [0.25, 0.3) is 0 Å². The first kappa shape index (κ1) is 12.2. The van der Waals surface area contributed by atoms with E-state index in [0.29, 0.717) is 6.42 Å². The fourth-order valence-corrected chi connectivity index (χ4v) is 2.37. The van der Waals surface area contributed by atoms with Crippen molar-refractivity contribution < 1.29 is 14.7 Å². The fraction of sp³-hybridized carbons (Fsp3) is 0.818. The molecule has 15 heavy (non-hydrogen) atoms. The average Bonchev–Trinajstić information content (AvgIpc) is 2.20. The van der Waals surface area contributed by atoms with Gasteiger partial charge in [-0.25, -0.2) is 0 Å². The number of hydrogen-bond donors (Lipinski definition) is 2. The molecule has 0 unspecified atom stereocenters. The molecule has 1 fully saturated rings. The number of ketones is 1. The highest BCUT2D eigenvalue weighted by Gasteiger charge is 2.57. The lowest BCUT2D eigenvalue weighted by Crippen LogP contribution is -2.60. The molecule has 0 spiro atoms. The molecule has 0 saturated carbocycles. The second-order valence-electron chi connectivity index (χ2n) is 5.06. The maximum Gasteiger partial charge on any atom is 0.223 e. The number of hydrogen-bond acceptors (Lipinski definition) is 3. The molecule has 2 N–H and O–H groups in total. The zero-order valence-electron chi connectivity index (χ0n) is 9.76. The van der Waals surface area contributed by atoms with E-state index in [1.807, 2.05) is 13.8 Å². The number of carbonyl (C=O) groups excluding carboxylic acids is 2. The molecular formula is C11H19NO3. The lowest BCUT2D eigenvalue weighted by atomic mass is 9.74. The normalized spacial score (nSPS) is 35.7. The largest absolute Gasteiger partial charge is 0.387 e. The topological polar surface area (TPSA) is 66.4 Å². The SMILES string of the molecule is CC(=O)[C@]1(CC(C)C)NC(=O)C[C@]1(C)O. The highest BCUT2D eigenvalue weighted by molar-refractivity contribution is 5.97. The molecule has 86 valence electrons. The Morgan fingerprint density at radius 3 is 2.40 bits per heavy atom. The fourth-order valence-electron chi connectivity index (χ4n) is 2.37.